The molecular weight excluding hydrogens is 164 g/mol. The van der Waals surface area contributed by atoms with Crippen LogP contribution in [0.5, 0.6) is 5.75 Å². The number of methoxy groups -OCH3 is 1. The first-order valence-corrected chi connectivity index (χ1v) is 4.48. The van der Waals surface area contributed by atoms with E-state index in [4.69, 9.17) is 10.6 Å². The van der Waals surface area contributed by atoms with Gasteiger partial charge in [0.25, 0.3) is 0 Å². The number of ether oxygens (including phenoxy) is 1. The molecule has 3 N–H and O–H groups in total. The first kappa shape index (κ1) is 8.53. The van der Waals surface area contributed by atoms with Crippen LogP contribution in [-0.4, -0.2) is 7.11 Å². The van der Waals surface area contributed by atoms with E-state index in [2.05, 4.69) is 17.6 Å². The molecule has 0 saturated carbocycles. The van der Waals surface area contributed by atoms with Crippen LogP contribution in [0.2, 0.25) is 0 Å². The van der Waals surface area contributed by atoms with Crippen molar-refractivity contribution in [2.24, 2.45) is 5.84 Å². The molecule has 0 spiro atoms. The van der Waals surface area contributed by atoms with Crippen LogP contribution in [0.15, 0.2) is 18.2 Å². The van der Waals surface area contributed by atoms with Gasteiger partial charge in [-0.25, -0.2) is 0 Å². The summed E-state index contributed by atoms with van der Waals surface area (Å²) in [5.74, 6) is 6.37. The minimum Gasteiger partial charge on any atom is -0.497 e. The highest BCUT2D eigenvalue weighted by molar-refractivity contribution is 5.40. The zero-order valence-corrected chi connectivity index (χ0v) is 7.71. The van der Waals surface area contributed by atoms with Crippen molar-refractivity contribution >= 4 is 0 Å². The van der Waals surface area contributed by atoms with Gasteiger partial charge < -0.3 is 4.74 Å². The largest absolute Gasteiger partial charge is 0.497 e. The van der Waals surface area contributed by atoms with E-state index >= 15 is 0 Å². The molecule has 1 unspecified atom stereocenters. The number of hydrazine groups is 1. The molecule has 0 fully saturated rings. The lowest BCUT2D eigenvalue weighted by Crippen LogP contribution is -2.26. The van der Waals surface area contributed by atoms with E-state index in [0.29, 0.717) is 6.04 Å². The van der Waals surface area contributed by atoms with Gasteiger partial charge in [-0.15, -0.1) is 0 Å². The average Bonchev–Trinajstić information content (AvgIpc) is 2.59. The van der Waals surface area contributed by atoms with Crippen molar-refractivity contribution in [1.82, 2.24) is 5.43 Å². The molecule has 3 heteroatoms. The van der Waals surface area contributed by atoms with Gasteiger partial charge in [-0.1, -0.05) is 6.07 Å². The summed E-state index contributed by atoms with van der Waals surface area (Å²) in [6.07, 6.45) is 2.17. The van der Waals surface area contributed by atoms with Crippen LogP contribution in [0.1, 0.15) is 23.6 Å². The van der Waals surface area contributed by atoms with Gasteiger partial charge in [-0.3, -0.25) is 11.3 Å². The molecule has 13 heavy (non-hydrogen) atoms. The number of rotatable bonds is 2. The summed E-state index contributed by atoms with van der Waals surface area (Å²) in [6, 6.07) is 6.48. The van der Waals surface area contributed by atoms with E-state index in [1.807, 2.05) is 6.07 Å². The van der Waals surface area contributed by atoms with E-state index < -0.39 is 0 Å². The highest BCUT2D eigenvalue weighted by Gasteiger charge is 2.21. The molecule has 1 aliphatic rings. The van der Waals surface area contributed by atoms with Crippen LogP contribution in [0, 0.1) is 0 Å². The molecule has 70 valence electrons. The minimum atomic E-state index is 0.320. The van der Waals surface area contributed by atoms with Crippen LogP contribution in [-0.2, 0) is 6.42 Å². The highest BCUT2D eigenvalue weighted by Crippen LogP contribution is 2.32. The summed E-state index contributed by atoms with van der Waals surface area (Å²) in [6.45, 7) is 0. The molecule has 0 aromatic heterocycles. The second-order valence-electron chi connectivity index (χ2n) is 3.32. The quantitative estimate of drug-likeness (QED) is 0.527. The van der Waals surface area contributed by atoms with Gasteiger partial charge in [0.2, 0.25) is 0 Å². The standard InChI is InChI=1S/C10H14N2O/c1-13-8-3-4-9-7(6-8)2-5-10(9)12-11/h3-4,6,10,12H,2,5,11H2,1H3. The SMILES string of the molecule is COc1ccc2c(c1)CCC2NN. The van der Waals surface area contributed by atoms with Crippen LogP contribution in [0.4, 0.5) is 0 Å². The Morgan fingerprint density at radius 2 is 2.38 bits per heavy atom. The summed E-state index contributed by atoms with van der Waals surface area (Å²) in [4.78, 5) is 0. The number of nitrogens with one attached hydrogen (secondary N) is 1. The molecular formula is C10H14N2O. The Balaban J connectivity index is 2.34. The van der Waals surface area contributed by atoms with Gasteiger partial charge in [-0.05, 0) is 36.1 Å². The summed E-state index contributed by atoms with van der Waals surface area (Å²) in [5, 5.41) is 0. The predicted molar refractivity (Wildman–Crippen MR) is 51.4 cm³/mol. The highest BCUT2D eigenvalue weighted by atomic mass is 16.5. The van der Waals surface area contributed by atoms with Gasteiger partial charge in [0.1, 0.15) is 5.75 Å². The lowest BCUT2D eigenvalue weighted by Gasteiger charge is -2.09. The molecule has 0 bridgehead atoms. The molecule has 0 amide bonds. The van der Waals surface area contributed by atoms with E-state index in [9.17, 15) is 0 Å². The molecule has 1 aromatic carbocycles. The maximum absolute atomic E-state index is 5.44. The number of nitrogens with two attached hydrogens (primary N) is 1. The number of benzene rings is 1. The molecule has 0 radical (unpaired) electrons. The second-order valence-corrected chi connectivity index (χ2v) is 3.32. The van der Waals surface area contributed by atoms with Gasteiger partial charge >= 0.3 is 0 Å². The Morgan fingerprint density at radius 3 is 3.08 bits per heavy atom. The topological polar surface area (TPSA) is 47.3 Å². The predicted octanol–water partition coefficient (Wildman–Crippen LogP) is 1.15. The van der Waals surface area contributed by atoms with E-state index in [0.717, 1.165) is 18.6 Å². The minimum absolute atomic E-state index is 0.320. The molecule has 2 rings (SSSR count). The fourth-order valence-electron chi connectivity index (χ4n) is 1.89. The van der Waals surface area contributed by atoms with Gasteiger partial charge in [0.05, 0.1) is 7.11 Å². The van der Waals surface area contributed by atoms with Gasteiger partial charge in [-0.2, -0.15) is 0 Å². The van der Waals surface area contributed by atoms with Gasteiger partial charge in [0.15, 0.2) is 0 Å². The zero-order chi connectivity index (χ0) is 9.26. The number of hydrogen-bond donors (Lipinski definition) is 2. The van der Waals surface area contributed by atoms with Crippen LogP contribution in [0.25, 0.3) is 0 Å². The lowest BCUT2D eigenvalue weighted by molar-refractivity contribution is 0.414. The third-order valence-electron chi connectivity index (χ3n) is 2.63. The van der Waals surface area contributed by atoms with Crippen molar-refractivity contribution in [3.8, 4) is 5.75 Å². The molecule has 0 aliphatic heterocycles. The Kier molecular flexibility index (Phi) is 2.20. The maximum Gasteiger partial charge on any atom is 0.119 e. The summed E-state index contributed by atoms with van der Waals surface area (Å²) >= 11 is 0. The fourth-order valence-corrected chi connectivity index (χ4v) is 1.89. The monoisotopic (exact) mass is 178 g/mol. The van der Waals surface area contributed by atoms with Crippen molar-refractivity contribution in [3.05, 3.63) is 29.3 Å². The number of hydrogen-bond acceptors (Lipinski definition) is 3. The van der Waals surface area contributed by atoms with Crippen molar-refractivity contribution in [3.63, 3.8) is 0 Å². The molecule has 1 aromatic rings. The number of aryl methyl sites for hydroxylation is 1. The Morgan fingerprint density at radius 1 is 1.54 bits per heavy atom. The number of fused-ring (bicyclic) bond motifs is 1. The Bertz CT molecular complexity index is 312. The van der Waals surface area contributed by atoms with Gasteiger partial charge in [0, 0.05) is 6.04 Å². The fraction of sp³-hybridized carbons (Fsp3) is 0.400. The van der Waals surface area contributed by atoms with Crippen molar-refractivity contribution < 1.29 is 4.74 Å². The third kappa shape index (κ3) is 1.41. The smallest absolute Gasteiger partial charge is 0.119 e. The summed E-state index contributed by atoms with van der Waals surface area (Å²) < 4.78 is 5.16. The summed E-state index contributed by atoms with van der Waals surface area (Å²) in [7, 11) is 1.69. The Hall–Kier alpha value is -1.06. The van der Waals surface area contributed by atoms with Crippen LogP contribution >= 0.6 is 0 Å². The first-order chi connectivity index (χ1) is 6.35. The molecule has 1 atom stereocenters. The molecule has 0 saturated heterocycles. The average molecular weight is 178 g/mol. The zero-order valence-electron chi connectivity index (χ0n) is 7.71. The van der Waals surface area contributed by atoms with Crippen molar-refractivity contribution in [1.29, 1.82) is 0 Å². The maximum atomic E-state index is 5.44. The van der Waals surface area contributed by atoms with Crippen LogP contribution < -0.4 is 16.0 Å². The Labute approximate surface area is 77.9 Å². The van der Waals surface area contributed by atoms with E-state index in [-0.39, 0.29) is 0 Å². The van der Waals surface area contributed by atoms with Crippen LogP contribution in [0.3, 0.4) is 0 Å². The molecule has 1 aliphatic carbocycles. The van der Waals surface area contributed by atoms with Crippen molar-refractivity contribution in [2.75, 3.05) is 7.11 Å². The normalized spacial score (nSPS) is 20.0. The molecule has 3 nitrogen and oxygen atoms in total. The van der Waals surface area contributed by atoms with Crippen molar-refractivity contribution in [2.45, 2.75) is 18.9 Å². The first-order valence-electron chi connectivity index (χ1n) is 4.48. The molecule has 0 heterocycles. The lowest BCUT2D eigenvalue weighted by atomic mass is 10.1. The summed E-state index contributed by atoms with van der Waals surface area (Å²) in [5.41, 5.74) is 5.47. The second kappa shape index (κ2) is 3.36. The third-order valence-corrected chi connectivity index (χ3v) is 2.63. The van der Waals surface area contributed by atoms with E-state index in [1.54, 1.807) is 7.11 Å². The van der Waals surface area contributed by atoms with E-state index in [1.165, 1.54) is 11.1 Å².